The van der Waals surface area contributed by atoms with Crippen molar-refractivity contribution >= 4 is 5.91 Å². The van der Waals surface area contributed by atoms with E-state index in [1.165, 1.54) is 13.0 Å². The highest BCUT2D eigenvalue weighted by atomic mass is 16.5. The van der Waals surface area contributed by atoms with Gasteiger partial charge < -0.3 is 14.5 Å². The van der Waals surface area contributed by atoms with Crippen LogP contribution in [0, 0.1) is 5.92 Å². The number of ether oxygens (including phenoxy) is 1. The van der Waals surface area contributed by atoms with Gasteiger partial charge in [-0.1, -0.05) is 13.8 Å². The fraction of sp³-hybridized carbons (Fsp3) is 0.667. The number of hydrogen-bond acceptors (Lipinski definition) is 4. The Morgan fingerprint density at radius 3 is 2.70 bits per heavy atom. The molecule has 1 amide bonds. The predicted octanol–water partition coefficient (Wildman–Crippen LogP) is 2.67. The van der Waals surface area contributed by atoms with Gasteiger partial charge >= 0.3 is 0 Å². The van der Waals surface area contributed by atoms with Crippen LogP contribution in [0.15, 0.2) is 18.3 Å². The van der Waals surface area contributed by atoms with E-state index in [4.69, 9.17) is 4.74 Å². The minimum atomic E-state index is -0.0672. The van der Waals surface area contributed by atoms with Crippen LogP contribution in [0.3, 0.4) is 0 Å². The molecule has 0 aromatic carbocycles. The summed E-state index contributed by atoms with van der Waals surface area (Å²) in [5, 5.41) is 0. The second-order valence-corrected chi connectivity index (χ2v) is 6.90. The van der Waals surface area contributed by atoms with Gasteiger partial charge in [0.05, 0.1) is 0 Å². The van der Waals surface area contributed by atoms with Crippen LogP contribution in [0.5, 0.6) is 5.88 Å². The molecular formula is C18H29N3O2. The molecule has 1 aromatic rings. The number of rotatable bonds is 6. The molecule has 0 saturated carbocycles. The molecular weight excluding hydrogens is 290 g/mol. The summed E-state index contributed by atoms with van der Waals surface area (Å²) in [6, 6.07) is 3.56. The maximum absolute atomic E-state index is 12.2. The highest BCUT2D eigenvalue weighted by Gasteiger charge is 2.23. The average Bonchev–Trinajstić information content (AvgIpc) is 2.54. The van der Waals surface area contributed by atoms with Crippen molar-refractivity contribution in [1.82, 2.24) is 14.8 Å². The van der Waals surface area contributed by atoms with Gasteiger partial charge in [-0.2, -0.15) is 0 Å². The first-order valence-corrected chi connectivity index (χ1v) is 8.53. The van der Waals surface area contributed by atoms with Gasteiger partial charge in [0.15, 0.2) is 0 Å². The summed E-state index contributed by atoms with van der Waals surface area (Å²) in [6.07, 6.45) is 5.05. The zero-order chi connectivity index (χ0) is 16.8. The van der Waals surface area contributed by atoms with Crippen LogP contribution in [-0.2, 0) is 0 Å². The second kappa shape index (κ2) is 8.29. The van der Waals surface area contributed by atoms with Crippen LogP contribution in [0.2, 0.25) is 0 Å². The lowest BCUT2D eigenvalue weighted by Crippen LogP contribution is -2.39. The van der Waals surface area contributed by atoms with Crippen molar-refractivity contribution < 1.29 is 9.53 Å². The van der Waals surface area contributed by atoms with Gasteiger partial charge in [-0.05, 0) is 43.9 Å². The van der Waals surface area contributed by atoms with Crippen molar-refractivity contribution in [2.45, 2.75) is 39.2 Å². The smallest absolute Gasteiger partial charge is 0.258 e. The first-order valence-electron chi connectivity index (χ1n) is 8.53. The van der Waals surface area contributed by atoms with Crippen molar-refractivity contribution in [2.75, 3.05) is 33.7 Å². The SMILES string of the molecule is CC(C)CCN1CCC(Oc2ncccc2C(=O)N(C)C)CC1. The second-order valence-electron chi connectivity index (χ2n) is 6.90. The van der Waals surface area contributed by atoms with E-state index in [9.17, 15) is 4.79 Å². The van der Waals surface area contributed by atoms with Gasteiger partial charge in [0.1, 0.15) is 11.7 Å². The molecule has 0 spiro atoms. The molecule has 23 heavy (non-hydrogen) atoms. The van der Waals surface area contributed by atoms with Gasteiger partial charge in [0.2, 0.25) is 5.88 Å². The van der Waals surface area contributed by atoms with Crippen LogP contribution >= 0.6 is 0 Å². The minimum absolute atomic E-state index is 0.0672. The van der Waals surface area contributed by atoms with E-state index in [1.54, 1.807) is 37.3 Å². The Labute approximate surface area is 139 Å². The quantitative estimate of drug-likeness (QED) is 0.809. The van der Waals surface area contributed by atoms with Crippen LogP contribution in [-0.4, -0.2) is 60.5 Å². The fourth-order valence-corrected chi connectivity index (χ4v) is 2.74. The molecule has 0 N–H and O–H groups in total. The molecule has 2 rings (SSSR count). The molecule has 5 nitrogen and oxygen atoms in total. The molecule has 0 bridgehead atoms. The number of carbonyl (C=O) groups excluding carboxylic acids is 1. The largest absolute Gasteiger partial charge is 0.474 e. The zero-order valence-electron chi connectivity index (χ0n) is 14.8. The molecule has 0 aliphatic carbocycles. The normalized spacial score (nSPS) is 16.6. The van der Waals surface area contributed by atoms with E-state index in [0.717, 1.165) is 31.8 Å². The lowest BCUT2D eigenvalue weighted by Gasteiger charge is -2.32. The van der Waals surface area contributed by atoms with Crippen molar-refractivity contribution in [1.29, 1.82) is 0 Å². The number of hydrogen-bond donors (Lipinski definition) is 0. The van der Waals surface area contributed by atoms with Gasteiger partial charge in [-0.25, -0.2) is 4.98 Å². The number of carbonyl (C=O) groups is 1. The van der Waals surface area contributed by atoms with Gasteiger partial charge in [-0.15, -0.1) is 0 Å². The number of aromatic nitrogens is 1. The Hall–Kier alpha value is -1.62. The molecule has 1 fully saturated rings. The summed E-state index contributed by atoms with van der Waals surface area (Å²) in [6.45, 7) is 7.81. The number of nitrogens with zero attached hydrogens (tertiary/aromatic N) is 3. The first kappa shape index (κ1) is 17.7. The van der Waals surface area contributed by atoms with Gasteiger partial charge in [0, 0.05) is 33.4 Å². The number of amides is 1. The molecule has 1 aliphatic heterocycles. The maximum Gasteiger partial charge on any atom is 0.258 e. The molecule has 0 unspecified atom stereocenters. The Bertz CT molecular complexity index is 509. The molecule has 128 valence electrons. The molecule has 1 saturated heterocycles. The highest BCUT2D eigenvalue weighted by molar-refractivity contribution is 5.95. The summed E-state index contributed by atoms with van der Waals surface area (Å²) < 4.78 is 6.05. The molecule has 1 aliphatic rings. The summed E-state index contributed by atoms with van der Waals surface area (Å²) in [5.74, 6) is 1.14. The van der Waals surface area contributed by atoms with Crippen molar-refractivity contribution in [2.24, 2.45) is 5.92 Å². The zero-order valence-corrected chi connectivity index (χ0v) is 14.8. The van der Waals surface area contributed by atoms with E-state index in [2.05, 4.69) is 23.7 Å². The van der Waals surface area contributed by atoms with Crippen LogP contribution in [0.4, 0.5) is 0 Å². The van der Waals surface area contributed by atoms with Crippen LogP contribution < -0.4 is 4.74 Å². The summed E-state index contributed by atoms with van der Waals surface area (Å²) >= 11 is 0. The van der Waals surface area contributed by atoms with Crippen LogP contribution in [0.25, 0.3) is 0 Å². The molecule has 0 radical (unpaired) electrons. The number of pyridine rings is 1. The minimum Gasteiger partial charge on any atom is -0.474 e. The first-order chi connectivity index (χ1) is 11.0. The summed E-state index contributed by atoms with van der Waals surface area (Å²) in [5.41, 5.74) is 0.541. The fourth-order valence-electron chi connectivity index (χ4n) is 2.74. The Kier molecular flexibility index (Phi) is 6.39. The third kappa shape index (κ3) is 5.20. The Morgan fingerprint density at radius 2 is 2.09 bits per heavy atom. The van der Waals surface area contributed by atoms with E-state index < -0.39 is 0 Å². The maximum atomic E-state index is 12.2. The third-order valence-electron chi connectivity index (χ3n) is 4.24. The van der Waals surface area contributed by atoms with Crippen LogP contribution in [0.1, 0.15) is 43.5 Å². The van der Waals surface area contributed by atoms with Gasteiger partial charge in [-0.3, -0.25) is 4.79 Å². The van der Waals surface area contributed by atoms with Crippen molar-refractivity contribution in [3.05, 3.63) is 23.9 Å². The topological polar surface area (TPSA) is 45.7 Å². The number of likely N-dealkylation sites (tertiary alicyclic amines) is 1. The monoisotopic (exact) mass is 319 g/mol. The van der Waals surface area contributed by atoms with Gasteiger partial charge in [0.25, 0.3) is 5.91 Å². The molecule has 5 heteroatoms. The highest BCUT2D eigenvalue weighted by Crippen LogP contribution is 2.22. The van der Waals surface area contributed by atoms with Crippen molar-refractivity contribution in [3.8, 4) is 5.88 Å². The standard InChI is InChI=1S/C18H29N3O2/c1-14(2)7-11-21-12-8-15(9-13-21)23-17-16(6-5-10-19-17)18(22)20(3)4/h5-6,10,14-15H,7-9,11-13H2,1-4H3. The van der Waals surface area contributed by atoms with E-state index >= 15 is 0 Å². The average molecular weight is 319 g/mol. The number of piperidine rings is 1. The van der Waals surface area contributed by atoms with Crippen molar-refractivity contribution in [3.63, 3.8) is 0 Å². The predicted molar refractivity (Wildman–Crippen MR) is 91.8 cm³/mol. The Morgan fingerprint density at radius 1 is 1.39 bits per heavy atom. The van der Waals surface area contributed by atoms with E-state index in [1.807, 2.05) is 0 Å². The summed E-state index contributed by atoms with van der Waals surface area (Å²) in [7, 11) is 3.48. The van der Waals surface area contributed by atoms with E-state index in [0.29, 0.717) is 11.4 Å². The summed E-state index contributed by atoms with van der Waals surface area (Å²) in [4.78, 5) is 20.5. The molecule has 2 heterocycles. The molecule has 1 aromatic heterocycles. The Balaban J connectivity index is 1.91. The lowest BCUT2D eigenvalue weighted by molar-refractivity contribution is 0.0788. The lowest BCUT2D eigenvalue weighted by atomic mass is 10.1. The van der Waals surface area contributed by atoms with E-state index in [-0.39, 0.29) is 12.0 Å². The third-order valence-corrected chi connectivity index (χ3v) is 4.24. The molecule has 0 atom stereocenters.